The summed E-state index contributed by atoms with van der Waals surface area (Å²) in [6.45, 7) is 5.21. The van der Waals surface area contributed by atoms with Gasteiger partial charge in [-0.05, 0) is 50.8 Å². The third kappa shape index (κ3) is 4.56. The van der Waals surface area contributed by atoms with E-state index in [4.69, 9.17) is 0 Å². The largest absolute Gasteiger partial charge is 0.353 e. The molecular formula is C20H31N3O. The van der Waals surface area contributed by atoms with Crippen LogP contribution in [0, 0.1) is 5.41 Å². The quantitative estimate of drug-likeness (QED) is 0.919. The topological polar surface area (TPSA) is 45.2 Å². The fourth-order valence-corrected chi connectivity index (χ4v) is 4.10. The summed E-state index contributed by atoms with van der Waals surface area (Å²) < 4.78 is 0. The van der Waals surface area contributed by atoms with Crippen LogP contribution in [0.15, 0.2) is 24.4 Å². The molecule has 4 nitrogen and oxygen atoms in total. The van der Waals surface area contributed by atoms with Crippen molar-refractivity contribution in [3.8, 4) is 0 Å². The predicted molar refractivity (Wildman–Crippen MR) is 96.5 cm³/mol. The molecule has 2 aliphatic rings. The maximum atomic E-state index is 12.7. The van der Waals surface area contributed by atoms with Crippen molar-refractivity contribution < 1.29 is 4.79 Å². The number of pyridine rings is 1. The fourth-order valence-electron chi connectivity index (χ4n) is 4.10. The zero-order valence-electron chi connectivity index (χ0n) is 15.0. The number of hydrogen-bond acceptors (Lipinski definition) is 3. The van der Waals surface area contributed by atoms with E-state index >= 15 is 0 Å². The Bertz CT molecular complexity index is 525. The molecular weight excluding hydrogens is 298 g/mol. The first-order valence-corrected chi connectivity index (χ1v) is 9.59. The van der Waals surface area contributed by atoms with E-state index in [1.165, 1.54) is 19.3 Å². The van der Waals surface area contributed by atoms with E-state index in [0.29, 0.717) is 11.9 Å². The lowest BCUT2D eigenvalue weighted by Gasteiger charge is -2.33. The van der Waals surface area contributed by atoms with E-state index in [9.17, 15) is 4.79 Å². The zero-order chi connectivity index (χ0) is 16.8. The second-order valence-electron chi connectivity index (χ2n) is 7.82. The van der Waals surface area contributed by atoms with Crippen LogP contribution in [-0.4, -0.2) is 34.9 Å². The summed E-state index contributed by atoms with van der Waals surface area (Å²) in [5.74, 6) is 0.297. The predicted octanol–water partition coefficient (Wildman–Crippen LogP) is 3.52. The van der Waals surface area contributed by atoms with Crippen LogP contribution < -0.4 is 5.32 Å². The van der Waals surface area contributed by atoms with Gasteiger partial charge in [0.1, 0.15) is 0 Å². The molecule has 1 N–H and O–H groups in total. The van der Waals surface area contributed by atoms with Gasteiger partial charge in [0.05, 0.1) is 5.69 Å². The molecule has 1 saturated heterocycles. The number of aromatic nitrogens is 1. The molecule has 0 bridgehead atoms. The van der Waals surface area contributed by atoms with Gasteiger partial charge in [0.25, 0.3) is 0 Å². The Morgan fingerprint density at radius 1 is 1.21 bits per heavy atom. The van der Waals surface area contributed by atoms with Crippen LogP contribution in [-0.2, 0) is 11.3 Å². The molecule has 0 radical (unpaired) electrons. The summed E-state index contributed by atoms with van der Waals surface area (Å²) in [7, 11) is 0. The van der Waals surface area contributed by atoms with Crippen LogP contribution >= 0.6 is 0 Å². The van der Waals surface area contributed by atoms with Crippen molar-refractivity contribution >= 4 is 5.91 Å². The van der Waals surface area contributed by atoms with Gasteiger partial charge in [-0.25, -0.2) is 0 Å². The Morgan fingerprint density at radius 3 is 2.79 bits per heavy atom. The van der Waals surface area contributed by atoms with E-state index in [0.717, 1.165) is 57.4 Å². The van der Waals surface area contributed by atoms with Gasteiger partial charge in [0.2, 0.25) is 5.91 Å². The highest BCUT2D eigenvalue weighted by Crippen LogP contribution is 2.36. The van der Waals surface area contributed by atoms with Crippen LogP contribution in [0.5, 0.6) is 0 Å². The van der Waals surface area contributed by atoms with Gasteiger partial charge in [0, 0.05) is 30.7 Å². The molecule has 1 aliphatic carbocycles. The monoisotopic (exact) mass is 329 g/mol. The van der Waals surface area contributed by atoms with E-state index < -0.39 is 0 Å². The number of rotatable bonds is 4. The van der Waals surface area contributed by atoms with Crippen LogP contribution in [0.25, 0.3) is 0 Å². The van der Waals surface area contributed by atoms with Crippen molar-refractivity contribution in [2.75, 3.05) is 13.1 Å². The highest BCUT2D eigenvalue weighted by Gasteiger charge is 2.35. The summed E-state index contributed by atoms with van der Waals surface area (Å²) >= 11 is 0. The van der Waals surface area contributed by atoms with Crippen LogP contribution in [0.2, 0.25) is 0 Å². The fraction of sp³-hybridized carbons (Fsp3) is 0.700. The van der Waals surface area contributed by atoms with Crippen molar-refractivity contribution in [2.24, 2.45) is 5.41 Å². The molecule has 1 aromatic rings. The highest BCUT2D eigenvalue weighted by molar-refractivity contribution is 5.82. The van der Waals surface area contributed by atoms with E-state index in [2.05, 4.69) is 28.2 Å². The third-order valence-corrected chi connectivity index (χ3v) is 5.77. The summed E-state index contributed by atoms with van der Waals surface area (Å²) in [5.41, 5.74) is 1.01. The average molecular weight is 329 g/mol. The zero-order valence-corrected chi connectivity index (χ0v) is 15.0. The summed E-state index contributed by atoms with van der Waals surface area (Å²) in [5, 5.41) is 3.37. The second kappa shape index (κ2) is 8.11. The van der Waals surface area contributed by atoms with Gasteiger partial charge in [-0.1, -0.05) is 32.3 Å². The smallest absolute Gasteiger partial charge is 0.226 e. The van der Waals surface area contributed by atoms with Gasteiger partial charge in [-0.2, -0.15) is 0 Å². The maximum Gasteiger partial charge on any atom is 0.226 e. The molecule has 1 aromatic heterocycles. The third-order valence-electron chi connectivity index (χ3n) is 5.77. The molecule has 1 aliphatic heterocycles. The van der Waals surface area contributed by atoms with Crippen LogP contribution in [0.1, 0.15) is 64.0 Å². The second-order valence-corrected chi connectivity index (χ2v) is 7.82. The number of carbonyl (C=O) groups is 1. The maximum absolute atomic E-state index is 12.7. The van der Waals surface area contributed by atoms with Crippen molar-refractivity contribution in [1.29, 1.82) is 0 Å². The number of amides is 1. The number of nitrogens with zero attached hydrogens (tertiary/aromatic N) is 2. The highest BCUT2D eigenvalue weighted by atomic mass is 16.2. The van der Waals surface area contributed by atoms with Gasteiger partial charge in [0.15, 0.2) is 0 Å². The SMILES string of the molecule is CC1(C(=O)NC2CCCN(Cc3ccccn3)CC2)CCCCC1. The molecule has 1 atom stereocenters. The lowest BCUT2D eigenvalue weighted by atomic mass is 9.75. The molecule has 1 unspecified atom stereocenters. The molecule has 4 heteroatoms. The van der Waals surface area contributed by atoms with Crippen LogP contribution in [0.3, 0.4) is 0 Å². The van der Waals surface area contributed by atoms with Crippen molar-refractivity contribution in [3.05, 3.63) is 30.1 Å². The number of carbonyl (C=O) groups excluding carboxylic acids is 1. The first kappa shape index (κ1) is 17.4. The number of nitrogens with one attached hydrogen (secondary N) is 1. The Morgan fingerprint density at radius 2 is 2.04 bits per heavy atom. The molecule has 0 aromatic carbocycles. The minimum atomic E-state index is -0.127. The number of hydrogen-bond donors (Lipinski definition) is 1. The molecule has 1 saturated carbocycles. The molecule has 132 valence electrons. The lowest BCUT2D eigenvalue weighted by Crippen LogP contribution is -2.45. The molecule has 3 rings (SSSR count). The minimum absolute atomic E-state index is 0.127. The van der Waals surface area contributed by atoms with E-state index in [-0.39, 0.29) is 5.41 Å². The van der Waals surface area contributed by atoms with E-state index in [1.54, 1.807) is 0 Å². The first-order valence-electron chi connectivity index (χ1n) is 9.59. The Labute approximate surface area is 146 Å². The lowest BCUT2D eigenvalue weighted by molar-refractivity contribution is -0.132. The van der Waals surface area contributed by atoms with E-state index in [1.807, 2.05) is 18.3 Å². The first-order chi connectivity index (χ1) is 11.7. The molecule has 1 amide bonds. The van der Waals surface area contributed by atoms with Crippen molar-refractivity contribution in [3.63, 3.8) is 0 Å². The Kier molecular flexibility index (Phi) is 5.88. The van der Waals surface area contributed by atoms with Gasteiger partial charge in [-0.3, -0.25) is 14.7 Å². The van der Waals surface area contributed by atoms with Crippen LogP contribution in [0.4, 0.5) is 0 Å². The van der Waals surface area contributed by atoms with Crippen molar-refractivity contribution in [1.82, 2.24) is 15.2 Å². The Balaban J connectivity index is 1.49. The van der Waals surface area contributed by atoms with Gasteiger partial charge in [-0.15, -0.1) is 0 Å². The van der Waals surface area contributed by atoms with Crippen molar-refractivity contribution in [2.45, 2.75) is 70.9 Å². The standard InChI is InChI=1S/C20H31N3O/c1-20(11-4-2-5-12-20)19(24)22-17-9-7-14-23(15-10-17)16-18-8-3-6-13-21-18/h3,6,8,13,17H,2,4-5,7,9-12,14-16H2,1H3,(H,22,24). The normalized spacial score (nSPS) is 25.0. The molecule has 2 heterocycles. The van der Waals surface area contributed by atoms with Gasteiger partial charge < -0.3 is 5.32 Å². The Hall–Kier alpha value is -1.42. The van der Waals surface area contributed by atoms with Gasteiger partial charge >= 0.3 is 0 Å². The molecule has 2 fully saturated rings. The average Bonchev–Trinajstić information content (AvgIpc) is 2.82. The molecule has 0 spiro atoms. The summed E-state index contributed by atoms with van der Waals surface area (Å²) in [6.07, 6.45) is 11.0. The summed E-state index contributed by atoms with van der Waals surface area (Å²) in [4.78, 5) is 19.6. The number of likely N-dealkylation sites (tertiary alicyclic amines) is 1. The minimum Gasteiger partial charge on any atom is -0.353 e. The summed E-state index contributed by atoms with van der Waals surface area (Å²) in [6, 6.07) is 6.44. The molecule has 24 heavy (non-hydrogen) atoms.